The summed E-state index contributed by atoms with van der Waals surface area (Å²) in [7, 11) is 8.14. The molecule has 0 radical (unpaired) electrons. The Balaban J connectivity index is 0.000000115. The molecule has 0 spiro atoms. The number of nitrogens with zero attached hydrogens (tertiary/aromatic N) is 25. The van der Waals surface area contributed by atoms with Crippen molar-refractivity contribution in [2.75, 3.05) is 35.5 Å². The Hall–Kier alpha value is -18.4. The number of benzene rings is 11. The van der Waals surface area contributed by atoms with E-state index in [1.807, 2.05) is 188 Å². The Bertz CT molecular complexity index is 7460. The minimum atomic E-state index is -0.478. The summed E-state index contributed by atoms with van der Waals surface area (Å²) in [6.07, 6.45) is 8.40. The zero-order chi connectivity index (χ0) is 90.5. The number of hydrogen-bond acceptors (Lipinski definition) is 25. The van der Waals surface area contributed by atoms with E-state index in [1.54, 1.807) is 120 Å². The Morgan fingerprint density at radius 3 is 0.992 bits per heavy atom. The maximum absolute atomic E-state index is 14.2. The van der Waals surface area contributed by atoms with E-state index in [0.29, 0.717) is 91.4 Å². The molecule has 646 valence electrons. The Morgan fingerprint density at radius 1 is 0.227 bits per heavy atom. The fraction of sp³-hybridized carbons (Fsp3) is 0.0505. The molecule has 21 aromatic rings. The molecule has 30 nitrogen and oxygen atoms in total. The van der Waals surface area contributed by atoms with Crippen molar-refractivity contribution in [2.45, 2.75) is 0 Å². The van der Waals surface area contributed by atoms with E-state index >= 15 is 0 Å². The van der Waals surface area contributed by atoms with E-state index in [0.717, 1.165) is 73.4 Å². The number of hydrogen-bond donors (Lipinski definition) is 0. The molecular weight excluding hydrogens is 1680 g/mol. The van der Waals surface area contributed by atoms with Crippen LogP contribution >= 0.6 is 0 Å². The van der Waals surface area contributed by atoms with Gasteiger partial charge in [-0.05, 0) is 251 Å². The van der Waals surface area contributed by atoms with Gasteiger partial charge in [0.2, 0.25) is 29.1 Å². The van der Waals surface area contributed by atoms with E-state index in [1.165, 1.54) is 71.9 Å². The molecule has 0 aliphatic heterocycles. The Kier molecular flexibility index (Phi) is 26.4. The molecule has 21 rings (SSSR count). The van der Waals surface area contributed by atoms with Crippen molar-refractivity contribution in [1.29, 1.82) is 0 Å². The molecule has 0 atom stereocenters. The number of aromatic nitrogens is 25. The van der Waals surface area contributed by atoms with Crippen LogP contribution in [0.25, 0.3) is 152 Å². The van der Waals surface area contributed by atoms with Crippen molar-refractivity contribution in [3.05, 3.63) is 376 Å². The van der Waals surface area contributed by atoms with Gasteiger partial charge in [0.15, 0.2) is 0 Å². The van der Waals surface area contributed by atoms with Gasteiger partial charge in [-0.2, -0.15) is 0 Å². The zero-order valence-corrected chi connectivity index (χ0v) is 70.9. The van der Waals surface area contributed by atoms with Crippen molar-refractivity contribution in [3.8, 4) is 170 Å². The molecule has 0 unspecified atom stereocenters. The molecule has 0 saturated carbocycles. The third kappa shape index (κ3) is 20.4. The van der Waals surface area contributed by atoms with Crippen LogP contribution in [0.4, 0.5) is 13.2 Å². The van der Waals surface area contributed by atoms with Crippen molar-refractivity contribution in [3.63, 3.8) is 0 Å². The topological polar surface area (TPSA) is 329 Å². The molecule has 0 saturated heterocycles. The van der Waals surface area contributed by atoms with E-state index in [4.69, 9.17) is 23.7 Å². The SMILES string of the molecule is COc1ccc(-c2cccc(-n3nnc(-c4ccccn4)n3)c2)c(OC)c1.COc1cccc(-c2cc(F)cc(-n3nnc(-c4ccccn4)n3)c2)c1.COc1cccc(OC)c1-c1cccc(-n2nnc(-c3ccccn3)n2)c1.Fc1cccc(-c2cc(F)cc(-n3nnc(-c4ccccn4)n3)c2)c1.c1ccc(-c2nnn(-c3cccc(-c4cccc5ccccc45)c3)n2)nc1. The lowest BCUT2D eigenvalue weighted by Crippen LogP contribution is -2.00. The van der Waals surface area contributed by atoms with Gasteiger partial charge in [0.05, 0.1) is 69.5 Å². The van der Waals surface area contributed by atoms with Gasteiger partial charge in [-0.3, -0.25) is 24.9 Å². The first kappa shape index (κ1) is 85.7. The first-order valence-corrected chi connectivity index (χ1v) is 40.7. The van der Waals surface area contributed by atoms with E-state index in [9.17, 15) is 13.2 Å². The normalized spacial score (nSPS) is 10.7. The number of pyridine rings is 5. The van der Waals surface area contributed by atoms with Gasteiger partial charge in [-0.1, -0.05) is 140 Å². The van der Waals surface area contributed by atoms with Crippen LogP contribution in [0.5, 0.6) is 28.7 Å². The Morgan fingerprint density at radius 2 is 0.568 bits per heavy atom. The molecule has 10 heterocycles. The average molecular weight is 1750 g/mol. The van der Waals surface area contributed by atoms with Gasteiger partial charge in [-0.25, -0.2) is 13.2 Å². The average Bonchev–Trinajstić information content (AvgIpc) is 1.03. The van der Waals surface area contributed by atoms with Crippen LogP contribution in [0, 0.1) is 17.5 Å². The largest absolute Gasteiger partial charge is 0.497 e. The highest BCUT2D eigenvalue weighted by Crippen LogP contribution is 2.40. The predicted molar refractivity (Wildman–Crippen MR) is 489 cm³/mol. The van der Waals surface area contributed by atoms with Crippen molar-refractivity contribution in [2.24, 2.45) is 0 Å². The lowest BCUT2D eigenvalue weighted by Gasteiger charge is -2.13. The second-order valence-corrected chi connectivity index (χ2v) is 28.5. The first-order valence-electron chi connectivity index (χ1n) is 40.7. The molecule has 0 aliphatic carbocycles. The van der Waals surface area contributed by atoms with Crippen molar-refractivity contribution < 1.29 is 36.9 Å². The minimum Gasteiger partial charge on any atom is -0.497 e. The van der Waals surface area contributed by atoms with Crippen molar-refractivity contribution >= 4 is 10.8 Å². The van der Waals surface area contributed by atoms with Gasteiger partial charge in [0.1, 0.15) is 74.7 Å². The lowest BCUT2D eigenvalue weighted by molar-refractivity contribution is 0.395. The summed E-state index contributed by atoms with van der Waals surface area (Å²) in [6, 6.07) is 99.8. The van der Waals surface area contributed by atoms with Crippen LogP contribution in [0.2, 0.25) is 0 Å². The summed E-state index contributed by atoms with van der Waals surface area (Å²) in [4.78, 5) is 28.1. The second-order valence-electron chi connectivity index (χ2n) is 28.5. The molecular formula is C99H74F3N25O5. The number of tetrazole rings is 5. The van der Waals surface area contributed by atoms with Crippen molar-refractivity contribution in [1.82, 2.24) is 126 Å². The third-order valence-corrected chi connectivity index (χ3v) is 20.1. The van der Waals surface area contributed by atoms with Gasteiger partial charge < -0.3 is 23.7 Å². The summed E-state index contributed by atoms with van der Waals surface area (Å²) in [6.45, 7) is 0. The van der Waals surface area contributed by atoms with Gasteiger partial charge in [0.25, 0.3) is 0 Å². The molecule has 0 bridgehead atoms. The van der Waals surface area contributed by atoms with Crippen LogP contribution in [0.1, 0.15) is 0 Å². The summed E-state index contributed by atoms with van der Waals surface area (Å²) in [5, 5.41) is 65.1. The van der Waals surface area contributed by atoms with Gasteiger partial charge >= 0.3 is 0 Å². The molecule has 10 aromatic heterocycles. The molecule has 132 heavy (non-hydrogen) atoms. The van der Waals surface area contributed by atoms with E-state index < -0.39 is 11.6 Å². The molecule has 0 fully saturated rings. The highest BCUT2D eigenvalue weighted by molar-refractivity contribution is 5.97. The zero-order valence-electron chi connectivity index (χ0n) is 70.9. The quantitative estimate of drug-likeness (QED) is 0.0684. The van der Waals surface area contributed by atoms with E-state index in [-0.39, 0.29) is 5.82 Å². The smallest absolute Gasteiger partial charge is 0.223 e. The fourth-order valence-corrected chi connectivity index (χ4v) is 13.8. The number of ether oxygens (including phenoxy) is 5. The maximum atomic E-state index is 14.2. The Labute approximate surface area is 751 Å². The van der Waals surface area contributed by atoms with Crippen LogP contribution in [-0.2, 0) is 0 Å². The summed E-state index contributed by atoms with van der Waals surface area (Å²) in [5.74, 6) is 4.52. The highest BCUT2D eigenvalue weighted by Gasteiger charge is 2.20. The van der Waals surface area contributed by atoms with Crippen LogP contribution in [0.15, 0.2) is 359 Å². The number of rotatable bonds is 20. The highest BCUT2D eigenvalue weighted by atomic mass is 19.1. The number of fused-ring (bicyclic) bond motifs is 1. The van der Waals surface area contributed by atoms with Crippen LogP contribution in [-0.4, -0.2) is 162 Å². The second kappa shape index (κ2) is 40.7. The van der Waals surface area contributed by atoms with Gasteiger partial charge in [0, 0.05) is 54.7 Å². The molecule has 33 heteroatoms. The lowest BCUT2D eigenvalue weighted by atomic mass is 9.98. The summed E-state index contributed by atoms with van der Waals surface area (Å²) >= 11 is 0. The number of methoxy groups -OCH3 is 5. The molecule has 0 aliphatic rings. The monoisotopic (exact) mass is 1750 g/mol. The number of halogens is 3. The van der Waals surface area contributed by atoms with Crippen LogP contribution in [0.3, 0.4) is 0 Å². The molecule has 0 amide bonds. The fourth-order valence-electron chi connectivity index (χ4n) is 13.8. The summed E-state index contributed by atoms with van der Waals surface area (Å²) in [5.41, 5.74) is 15.1. The van der Waals surface area contributed by atoms with Gasteiger partial charge in [-0.15, -0.1) is 75.0 Å². The van der Waals surface area contributed by atoms with E-state index in [2.05, 4.69) is 157 Å². The maximum Gasteiger partial charge on any atom is 0.223 e. The third-order valence-electron chi connectivity index (χ3n) is 20.1. The standard InChI is InChI=1S/C22H15N5.2C20H17N5O2.C19H14FN5O.C18H11F2N5/c1-2-11-19-16(7-1)8-6-12-20(19)17-9-5-10-18(15-17)27-25-22(24-26-27)21-13-3-4-14-23-21;1-26-17-10-6-11-18(27-2)19(17)14-7-5-8-15(13-14)25-23-20(22-24-25)16-9-3-4-12-21-16;1-26-16-9-10-17(19(13-16)27-2)14-6-5-7-15(12-14)25-23-20(22-24-25)18-8-3-4-11-21-18;1-26-17-6-4-5-13(11-17)14-9-15(20)12-16(10-14)25-23-19(22-24-25)18-7-2-3-8-21-18;19-14-5-3-4-12(8-14)13-9-15(20)11-16(10-13)25-23-18(22-24-25)17-6-1-2-7-21-17/h1-15H;2*3-13H,1-2H3;2-12H,1H3;1-11H. The molecule has 0 N–H and O–H groups in total. The molecule has 11 aromatic carbocycles. The predicted octanol–water partition coefficient (Wildman–Crippen LogP) is 18.6. The summed E-state index contributed by atoms with van der Waals surface area (Å²) < 4.78 is 68.7. The first-order chi connectivity index (χ1) is 64.9. The van der Waals surface area contributed by atoms with Crippen LogP contribution < -0.4 is 23.7 Å². The minimum absolute atomic E-state index is 0.331.